The first-order valence-electron chi connectivity index (χ1n) is 11.6. The molecule has 10 nitrogen and oxygen atoms in total. The molecule has 1 amide bonds. The Labute approximate surface area is 223 Å². The minimum absolute atomic E-state index is 0.0213. The Morgan fingerprint density at radius 2 is 1.81 bits per heavy atom. The van der Waals surface area contributed by atoms with Gasteiger partial charge < -0.3 is 14.8 Å². The van der Waals surface area contributed by atoms with Crippen LogP contribution in [-0.2, 0) is 21.4 Å². The summed E-state index contributed by atoms with van der Waals surface area (Å²) in [5.41, 5.74) is 1.57. The zero-order chi connectivity index (χ0) is 26.0. The second kappa shape index (κ2) is 10.6. The first-order chi connectivity index (χ1) is 17.8. The van der Waals surface area contributed by atoms with Gasteiger partial charge in [0.2, 0.25) is 11.9 Å². The third kappa shape index (κ3) is 5.84. The Hall–Kier alpha value is -3.29. The third-order valence-corrected chi connectivity index (χ3v) is 9.17. The highest BCUT2D eigenvalue weighted by Gasteiger charge is 2.35. The lowest BCUT2D eigenvalue weighted by Crippen LogP contribution is -2.48. The van der Waals surface area contributed by atoms with Crippen molar-refractivity contribution < 1.29 is 13.2 Å². The number of carbonyl (C=O) groups excluding carboxylic acids is 1. The molecule has 0 radical (unpaired) electrons. The second-order valence-electron chi connectivity index (χ2n) is 8.91. The summed E-state index contributed by atoms with van der Waals surface area (Å²) in [7, 11) is -3.85. The maximum atomic E-state index is 12.5. The molecular weight excluding hydrogens is 533 g/mol. The molecule has 0 aliphatic carbocycles. The molecule has 1 saturated heterocycles. The number of anilines is 2. The van der Waals surface area contributed by atoms with Crippen molar-refractivity contribution >= 4 is 55.9 Å². The van der Waals surface area contributed by atoms with Gasteiger partial charge in [0.15, 0.2) is 0 Å². The molecule has 2 aromatic heterocycles. The predicted octanol–water partition coefficient (Wildman–Crippen LogP) is 2.52. The molecule has 4 heterocycles. The van der Waals surface area contributed by atoms with E-state index in [0.717, 1.165) is 25.2 Å². The minimum Gasteiger partial charge on any atom is -0.356 e. The van der Waals surface area contributed by atoms with Gasteiger partial charge in [0, 0.05) is 55.4 Å². The average molecular weight is 557 g/mol. The molecule has 2 bridgehead atoms. The van der Waals surface area contributed by atoms with Gasteiger partial charge in [-0.2, -0.15) is 0 Å². The molecule has 1 fully saturated rings. The molecule has 5 rings (SSSR count). The van der Waals surface area contributed by atoms with Crippen LogP contribution in [0.25, 0.3) is 0 Å². The summed E-state index contributed by atoms with van der Waals surface area (Å²) in [6.45, 7) is 2.18. The lowest BCUT2D eigenvalue weighted by atomic mass is 9.83. The van der Waals surface area contributed by atoms with E-state index in [4.69, 9.17) is 12.2 Å². The largest absolute Gasteiger partial charge is 0.356 e. The Bertz CT molecular complexity index is 1480. The number of pyridine rings is 1. The fourth-order valence-electron chi connectivity index (χ4n) is 4.71. The van der Waals surface area contributed by atoms with Crippen LogP contribution in [0.15, 0.2) is 70.6 Å². The van der Waals surface area contributed by atoms with Gasteiger partial charge in [-0.15, -0.1) is 0 Å². The Morgan fingerprint density at radius 3 is 2.57 bits per heavy atom. The Morgan fingerprint density at radius 1 is 1.05 bits per heavy atom. The van der Waals surface area contributed by atoms with Gasteiger partial charge >= 0.3 is 0 Å². The SMILES string of the molecule is O=C(CSC(=S)N1C[C@H]2C[C@H](C1)c1cccc(=O)n1C2)Nc1ccc(S(=O)(=O)Nc2ncccn2)cc1. The van der Waals surface area contributed by atoms with Gasteiger partial charge in [-0.1, -0.05) is 30.0 Å². The zero-order valence-corrected chi connectivity index (χ0v) is 22.1. The van der Waals surface area contributed by atoms with Gasteiger partial charge in [-0.05, 0) is 48.7 Å². The van der Waals surface area contributed by atoms with Crippen molar-refractivity contribution in [1.29, 1.82) is 0 Å². The number of fused-ring (bicyclic) bond motifs is 4. The highest BCUT2D eigenvalue weighted by Crippen LogP contribution is 2.36. The quantitative estimate of drug-likeness (QED) is 0.441. The van der Waals surface area contributed by atoms with Crippen molar-refractivity contribution in [2.24, 2.45) is 5.92 Å². The van der Waals surface area contributed by atoms with Crippen LogP contribution in [0, 0.1) is 5.92 Å². The summed E-state index contributed by atoms with van der Waals surface area (Å²) in [6.07, 6.45) is 3.91. The first kappa shape index (κ1) is 25.4. The maximum Gasteiger partial charge on any atom is 0.264 e. The van der Waals surface area contributed by atoms with E-state index in [1.54, 1.807) is 18.2 Å². The van der Waals surface area contributed by atoms with Crippen molar-refractivity contribution in [1.82, 2.24) is 19.4 Å². The van der Waals surface area contributed by atoms with Gasteiger partial charge in [0.05, 0.1) is 10.6 Å². The molecule has 2 N–H and O–H groups in total. The molecule has 37 heavy (non-hydrogen) atoms. The molecule has 3 aromatic rings. The highest BCUT2D eigenvalue weighted by molar-refractivity contribution is 8.23. The number of thioether (sulfide) groups is 1. The van der Waals surface area contributed by atoms with Gasteiger partial charge in [-0.3, -0.25) is 9.59 Å². The van der Waals surface area contributed by atoms with Gasteiger partial charge in [0.25, 0.3) is 15.6 Å². The van der Waals surface area contributed by atoms with Crippen LogP contribution in [0.4, 0.5) is 11.6 Å². The fraction of sp³-hybridized carbons (Fsp3) is 0.292. The number of benzene rings is 1. The van der Waals surface area contributed by atoms with Crippen molar-refractivity contribution in [3.63, 3.8) is 0 Å². The minimum atomic E-state index is -3.85. The van der Waals surface area contributed by atoms with E-state index in [0.29, 0.717) is 22.5 Å². The molecular formula is C24H24N6O4S3. The number of nitrogens with zero attached hydrogens (tertiary/aromatic N) is 4. The van der Waals surface area contributed by atoms with Crippen LogP contribution in [0.2, 0.25) is 0 Å². The van der Waals surface area contributed by atoms with Crippen molar-refractivity contribution in [2.75, 3.05) is 28.9 Å². The fourth-order valence-corrected chi connectivity index (χ4v) is 6.65. The Balaban J connectivity index is 1.13. The van der Waals surface area contributed by atoms with Crippen LogP contribution in [0.1, 0.15) is 18.0 Å². The number of rotatable bonds is 6. The smallest absolute Gasteiger partial charge is 0.264 e. The molecule has 2 aliphatic rings. The lowest BCUT2D eigenvalue weighted by Gasteiger charge is -2.43. The predicted molar refractivity (Wildman–Crippen MR) is 146 cm³/mol. The van der Waals surface area contributed by atoms with E-state index in [1.807, 2.05) is 10.6 Å². The molecule has 0 saturated carbocycles. The molecule has 13 heteroatoms. The summed E-state index contributed by atoms with van der Waals surface area (Å²) in [5.74, 6) is 0.451. The van der Waals surface area contributed by atoms with Crippen molar-refractivity contribution in [3.8, 4) is 0 Å². The van der Waals surface area contributed by atoms with Gasteiger partial charge in [-0.25, -0.2) is 23.1 Å². The summed E-state index contributed by atoms with van der Waals surface area (Å²) in [6, 6.07) is 12.8. The summed E-state index contributed by atoms with van der Waals surface area (Å²) in [4.78, 5) is 34.6. The van der Waals surface area contributed by atoms with Crippen LogP contribution < -0.4 is 15.6 Å². The highest BCUT2D eigenvalue weighted by atomic mass is 32.2. The number of carbonyl (C=O) groups is 1. The van der Waals surface area contributed by atoms with Crippen LogP contribution in [-0.4, -0.2) is 56.9 Å². The molecule has 1 aromatic carbocycles. The number of thiocarbonyl (C=S) groups is 1. The molecule has 2 atom stereocenters. The summed E-state index contributed by atoms with van der Waals surface area (Å²) >= 11 is 6.93. The number of piperidine rings is 1. The van der Waals surface area contributed by atoms with Crippen LogP contribution in [0.3, 0.4) is 0 Å². The second-order valence-corrected chi connectivity index (χ2v) is 12.2. The first-order valence-corrected chi connectivity index (χ1v) is 14.5. The normalized spacial score (nSPS) is 18.5. The number of hydrogen-bond donors (Lipinski definition) is 2. The van der Waals surface area contributed by atoms with E-state index in [-0.39, 0.29) is 34.0 Å². The molecule has 192 valence electrons. The standard InChI is InChI=1S/C24H24N6O4S3/c31-21(27-18-5-7-19(8-6-18)37(33,34)28-23-25-9-2-10-26-23)15-36-24(35)29-12-16-11-17(14-29)20-3-1-4-22(32)30(20)13-16/h1-10,16-17H,11-15H2,(H,27,31)(H,25,26,28)/t16-,17-/m1/s1. The number of aromatic nitrogens is 3. The van der Waals surface area contributed by atoms with E-state index in [2.05, 4.69) is 24.9 Å². The number of sulfonamides is 1. The van der Waals surface area contributed by atoms with Crippen LogP contribution in [0.5, 0.6) is 0 Å². The number of nitrogens with one attached hydrogen (secondary N) is 2. The number of hydrogen-bond acceptors (Lipinski definition) is 8. The van der Waals surface area contributed by atoms with E-state index in [9.17, 15) is 18.0 Å². The van der Waals surface area contributed by atoms with Crippen molar-refractivity contribution in [2.45, 2.75) is 23.8 Å². The maximum absolute atomic E-state index is 12.5. The lowest BCUT2D eigenvalue weighted by molar-refractivity contribution is -0.113. The topological polar surface area (TPSA) is 126 Å². The monoisotopic (exact) mass is 556 g/mol. The van der Waals surface area contributed by atoms with Gasteiger partial charge in [0.1, 0.15) is 4.32 Å². The van der Waals surface area contributed by atoms with E-state index < -0.39 is 10.0 Å². The third-order valence-electron chi connectivity index (χ3n) is 6.30. The molecule has 0 spiro atoms. The molecule has 2 aliphatic heterocycles. The molecule has 0 unspecified atom stereocenters. The Kier molecular flexibility index (Phi) is 7.26. The van der Waals surface area contributed by atoms with E-state index in [1.165, 1.54) is 48.4 Å². The summed E-state index contributed by atoms with van der Waals surface area (Å²) in [5, 5.41) is 2.77. The zero-order valence-electron chi connectivity index (χ0n) is 19.6. The van der Waals surface area contributed by atoms with E-state index >= 15 is 0 Å². The van der Waals surface area contributed by atoms with Crippen LogP contribution >= 0.6 is 24.0 Å². The van der Waals surface area contributed by atoms with Crippen molar-refractivity contribution in [3.05, 3.63) is 77.0 Å². The average Bonchev–Trinajstić information content (AvgIpc) is 2.88. The number of amides is 1. The summed E-state index contributed by atoms with van der Waals surface area (Å²) < 4.78 is 29.8. The number of likely N-dealkylation sites (tertiary alicyclic amines) is 1.